The average Bonchev–Trinajstić information content (AvgIpc) is 2.12. The highest BCUT2D eigenvalue weighted by Gasteiger charge is 2.17. The van der Waals surface area contributed by atoms with E-state index in [2.05, 4.69) is 9.97 Å². The first-order chi connectivity index (χ1) is 7.06. The Labute approximate surface area is 101 Å². The van der Waals surface area contributed by atoms with E-state index in [0.717, 1.165) is 12.2 Å². The Balaban J connectivity index is 3.03. The Morgan fingerprint density at radius 1 is 1.40 bits per heavy atom. The molecular weight excluding hydrogens is 259 g/mol. The Morgan fingerprint density at radius 2 is 1.93 bits per heavy atom. The van der Waals surface area contributed by atoms with E-state index in [1.807, 2.05) is 6.92 Å². The van der Waals surface area contributed by atoms with Gasteiger partial charge in [0.1, 0.15) is 15.9 Å². The third kappa shape index (κ3) is 3.22. The summed E-state index contributed by atoms with van der Waals surface area (Å²) >= 11 is 12.7. The molecule has 82 valence electrons. The summed E-state index contributed by atoms with van der Waals surface area (Å²) in [4.78, 5) is 18.4. The topological polar surface area (TPSA) is 63.1 Å². The quantitative estimate of drug-likeness (QED) is 0.516. The van der Waals surface area contributed by atoms with Gasteiger partial charge in [0.25, 0.3) is 0 Å². The second kappa shape index (κ2) is 5.53. The van der Waals surface area contributed by atoms with Crippen LogP contribution in [0.1, 0.15) is 23.7 Å². The SMILES string of the molecule is CCCSc1nc(Cl)c(C(=O)O)c(Cl)n1. The summed E-state index contributed by atoms with van der Waals surface area (Å²) < 4.78 is 0. The summed E-state index contributed by atoms with van der Waals surface area (Å²) in [5, 5.41) is 8.91. The average molecular weight is 267 g/mol. The fourth-order valence-electron chi connectivity index (χ4n) is 0.824. The van der Waals surface area contributed by atoms with Gasteiger partial charge in [-0.3, -0.25) is 0 Å². The molecule has 0 unspecified atom stereocenters. The first-order valence-corrected chi connectivity index (χ1v) is 5.89. The Hall–Kier alpha value is -0.520. The minimum absolute atomic E-state index is 0.124. The van der Waals surface area contributed by atoms with E-state index in [1.165, 1.54) is 11.8 Å². The van der Waals surface area contributed by atoms with Crippen LogP contribution < -0.4 is 0 Å². The number of carboxylic acids is 1. The minimum atomic E-state index is -1.22. The molecule has 0 fully saturated rings. The first-order valence-electron chi connectivity index (χ1n) is 4.15. The molecule has 0 aliphatic carbocycles. The molecule has 0 aliphatic rings. The fraction of sp³-hybridized carbons (Fsp3) is 0.375. The van der Waals surface area contributed by atoms with Crippen LogP contribution in [0.2, 0.25) is 10.3 Å². The summed E-state index contributed by atoms with van der Waals surface area (Å²) in [5.41, 5.74) is -0.251. The normalized spacial score (nSPS) is 10.3. The van der Waals surface area contributed by atoms with Crippen LogP contribution in [0.25, 0.3) is 0 Å². The van der Waals surface area contributed by atoms with Crippen molar-refractivity contribution in [2.75, 3.05) is 5.75 Å². The Morgan fingerprint density at radius 3 is 2.33 bits per heavy atom. The van der Waals surface area contributed by atoms with Gasteiger partial charge >= 0.3 is 5.97 Å². The third-order valence-electron chi connectivity index (χ3n) is 1.45. The smallest absolute Gasteiger partial charge is 0.342 e. The van der Waals surface area contributed by atoms with Crippen molar-refractivity contribution in [3.05, 3.63) is 15.9 Å². The number of aromatic nitrogens is 2. The lowest BCUT2D eigenvalue weighted by Gasteiger charge is -2.03. The highest BCUT2D eigenvalue weighted by molar-refractivity contribution is 7.99. The molecule has 0 saturated carbocycles. The largest absolute Gasteiger partial charge is 0.477 e. The van der Waals surface area contributed by atoms with E-state index in [-0.39, 0.29) is 15.9 Å². The molecule has 0 radical (unpaired) electrons. The Kier molecular flexibility index (Phi) is 4.63. The zero-order valence-electron chi connectivity index (χ0n) is 7.83. The zero-order valence-corrected chi connectivity index (χ0v) is 10.2. The number of hydrogen-bond acceptors (Lipinski definition) is 4. The van der Waals surface area contributed by atoms with E-state index >= 15 is 0 Å². The van der Waals surface area contributed by atoms with Gasteiger partial charge in [0.05, 0.1) is 0 Å². The van der Waals surface area contributed by atoms with Crippen LogP contribution >= 0.6 is 35.0 Å². The first kappa shape index (κ1) is 12.5. The number of aromatic carboxylic acids is 1. The molecule has 7 heteroatoms. The molecule has 1 aromatic heterocycles. The Bertz CT molecular complexity index is 364. The zero-order chi connectivity index (χ0) is 11.4. The van der Waals surface area contributed by atoms with Crippen LogP contribution in [0.15, 0.2) is 5.16 Å². The van der Waals surface area contributed by atoms with Crippen LogP contribution in [0.3, 0.4) is 0 Å². The lowest BCUT2D eigenvalue weighted by Crippen LogP contribution is -2.03. The van der Waals surface area contributed by atoms with Gasteiger partial charge in [0.15, 0.2) is 5.16 Å². The molecule has 0 atom stereocenters. The van der Waals surface area contributed by atoms with Gasteiger partial charge in [-0.2, -0.15) is 0 Å². The lowest BCUT2D eigenvalue weighted by molar-refractivity contribution is 0.0696. The van der Waals surface area contributed by atoms with Crippen molar-refractivity contribution in [2.45, 2.75) is 18.5 Å². The van der Waals surface area contributed by atoms with Crippen molar-refractivity contribution in [1.82, 2.24) is 9.97 Å². The number of carboxylic acid groups (broad SMARTS) is 1. The molecule has 0 saturated heterocycles. The molecule has 15 heavy (non-hydrogen) atoms. The number of hydrogen-bond donors (Lipinski definition) is 1. The van der Waals surface area contributed by atoms with Crippen molar-refractivity contribution in [1.29, 1.82) is 0 Å². The number of nitrogens with zero attached hydrogens (tertiary/aromatic N) is 2. The molecule has 1 heterocycles. The van der Waals surface area contributed by atoms with Crippen LogP contribution in [0, 0.1) is 0 Å². The molecule has 0 spiro atoms. The summed E-state index contributed by atoms with van der Waals surface area (Å²) in [6, 6.07) is 0. The molecule has 0 bridgehead atoms. The van der Waals surface area contributed by atoms with Gasteiger partial charge in [-0.25, -0.2) is 14.8 Å². The molecule has 1 aromatic rings. The summed E-state index contributed by atoms with van der Waals surface area (Å²) in [6.07, 6.45) is 0.962. The van der Waals surface area contributed by atoms with Crippen LogP contribution in [-0.4, -0.2) is 26.8 Å². The van der Waals surface area contributed by atoms with Crippen LogP contribution in [-0.2, 0) is 0 Å². The second-order valence-corrected chi connectivity index (χ2v) is 4.39. The molecule has 4 nitrogen and oxygen atoms in total. The van der Waals surface area contributed by atoms with Gasteiger partial charge in [-0.05, 0) is 6.42 Å². The van der Waals surface area contributed by atoms with Crippen LogP contribution in [0.4, 0.5) is 0 Å². The second-order valence-electron chi connectivity index (χ2n) is 2.62. The van der Waals surface area contributed by atoms with Gasteiger partial charge in [0.2, 0.25) is 0 Å². The highest BCUT2D eigenvalue weighted by Crippen LogP contribution is 2.25. The molecule has 0 amide bonds. The molecule has 1 rings (SSSR count). The van der Waals surface area contributed by atoms with Gasteiger partial charge < -0.3 is 5.11 Å². The maximum atomic E-state index is 10.7. The van der Waals surface area contributed by atoms with Gasteiger partial charge in [-0.1, -0.05) is 41.9 Å². The highest BCUT2D eigenvalue weighted by atomic mass is 35.5. The van der Waals surface area contributed by atoms with Crippen molar-refractivity contribution in [3.8, 4) is 0 Å². The van der Waals surface area contributed by atoms with E-state index in [9.17, 15) is 4.79 Å². The predicted octanol–water partition coefficient (Wildman–Crippen LogP) is 2.98. The van der Waals surface area contributed by atoms with E-state index < -0.39 is 5.97 Å². The van der Waals surface area contributed by atoms with Crippen molar-refractivity contribution < 1.29 is 9.90 Å². The maximum Gasteiger partial charge on any atom is 0.342 e. The molecule has 1 N–H and O–H groups in total. The number of rotatable bonds is 4. The van der Waals surface area contributed by atoms with Crippen molar-refractivity contribution >= 4 is 40.9 Å². The summed E-state index contributed by atoms with van der Waals surface area (Å²) in [6.45, 7) is 2.02. The van der Waals surface area contributed by atoms with E-state index in [4.69, 9.17) is 28.3 Å². The third-order valence-corrected chi connectivity index (χ3v) is 3.05. The standard InChI is InChI=1S/C8H8Cl2N2O2S/c1-2-3-15-8-11-5(9)4(7(13)14)6(10)12-8/h2-3H2,1H3,(H,13,14). The van der Waals surface area contributed by atoms with E-state index in [1.54, 1.807) is 0 Å². The van der Waals surface area contributed by atoms with Gasteiger partial charge in [-0.15, -0.1) is 0 Å². The summed E-state index contributed by atoms with van der Waals surface area (Å²) in [5.74, 6) is -0.393. The predicted molar refractivity (Wildman–Crippen MR) is 60.0 cm³/mol. The van der Waals surface area contributed by atoms with Crippen molar-refractivity contribution in [2.24, 2.45) is 0 Å². The van der Waals surface area contributed by atoms with Crippen molar-refractivity contribution in [3.63, 3.8) is 0 Å². The maximum absolute atomic E-state index is 10.7. The van der Waals surface area contributed by atoms with E-state index in [0.29, 0.717) is 5.16 Å². The summed E-state index contributed by atoms with van der Waals surface area (Å²) in [7, 11) is 0. The van der Waals surface area contributed by atoms with Crippen LogP contribution in [0.5, 0.6) is 0 Å². The lowest BCUT2D eigenvalue weighted by atomic mass is 10.3. The monoisotopic (exact) mass is 266 g/mol. The fourth-order valence-corrected chi connectivity index (χ4v) is 2.17. The number of carbonyl (C=O) groups is 1. The number of thioether (sulfide) groups is 1. The number of halogens is 2. The molecular formula is C8H8Cl2N2O2S. The molecule has 0 aromatic carbocycles. The molecule has 0 aliphatic heterocycles. The minimum Gasteiger partial charge on any atom is -0.477 e. The van der Waals surface area contributed by atoms with Gasteiger partial charge in [0, 0.05) is 5.75 Å².